The number of carbonyl (C=O) groups excluding carboxylic acids is 1. The van der Waals surface area contributed by atoms with Crippen LogP contribution >= 0.6 is 24.8 Å². The molecule has 27 heavy (non-hydrogen) atoms. The molecule has 1 aromatic heterocycles. The standard InChI is InChI=1S/C19H20N4O2.2ClH/c24-18(17-7-12-3-1-2-4-14(12)9-20-17)10-21-19(25)13-5-6-15-16(8-13)23-11-22-15;;/h1-6,8,11,17-18,20,24H,7,9-10H2,(H,21,25)(H,22,23);2*1H. The van der Waals surface area contributed by atoms with Gasteiger partial charge in [0.15, 0.2) is 0 Å². The van der Waals surface area contributed by atoms with Crippen molar-refractivity contribution in [2.75, 3.05) is 6.54 Å². The van der Waals surface area contributed by atoms with Crippen LogP contribution in [0, 0.1) is 0 Å². The SMILES string of the molecule is Cl.Cl.O=C(NCC(O)C1Cc2ccccc2CN1)c1ccc2nc[nH]c2c1. The van der Waals surface area contributed by atoms with Crippen molar-refractivity contribution in [1.29, 1.82) is 0 Å². The quantitative estimate of drug-likeness (QED) is 0.532. The molecule has 4 N–H and O–H groups in total. The van der Waals surface area contributed by atoms with E-state index in [0.29, 0.717) is 5.56 Å². The molecule has 0 radical (unpaired) electrons. The lowest BCUT2D eigenvalue weighted by molar-refractivity contribution is 0.0870. The van der Waals surface area contributed by atoms with E-state index in [1.807, 2.05) is 12.1 Å². The number of hydrogen-bond donors (Lipinski definition) is 4. The van der Waals surface area contributed by atoms with Gasteiger partial charge in [0.05, 0.1) is 23.5 Å². The highest BCUT2D eigenvalue weighted by molar-refractivity contribution is 5.97. The summed E-state index contributed by atoms with van der Waals surface area (Å²) in [5.41, 5.74) is 4.70. The zero-order valence-corrected chi connectivity index (χ0v) is 16.1. The average molecular weight is 409 g/mol. The summed E-state index contributed by atoms with van der Waals surface area (Å²) >= 11 is 0. The van der Waals surface area contributed by atoms with Crippen LogP contribution in [-0.4, -0.2) is 39.7 Å². The Hall–Kier alpha value is -2.12. The van der Waals surface area contributed by atoms with Crippen molar-refractivity contribution in [3.8, 4) is 0 Å². The van der Waals surface area contributed by atoms with Crippen molar-refractivity contribution in [1.82, 2.24) is 20.6 Å². The molecule has 2 heterocycles. The van der Waals surface area contributed by atoms with Crippen molar-refractivity contribution >= 4 is 41.8 Å². The second-order valence-corrected chi connectivity index (χ2v) is 6.37. The minimum Gasteiger partial charge on any atom is -0.390 e. The number of carbonyl (C=O) groups is 1. The Morgan fingerprint density at radius 1 is 1.22 bits per heavy atom. The summed E-state index contributed by atoms with van der Waals surface area (Å²) in [6, 6.07) is 13.5. The highest BCUT2D eigenvalue weighted by atomic mass is 35.5. The summed E-state index contributed by atoms with van der Waals surface area (Å²) in [7, 11) is 0. The third-order valence-corrected chi connectivity index (χ3v) is 4.73. The van der Waals surface area contributed by atoms with Gasteiger partial charge in [-0.05, 0) is 35.7 Å². The molecule has 1 aliphatic rings. The fourth-order valence-electron chi connectivity index (χ4n) is 3.27. The Labute approximate surface area is 169 Å². The second kappa shape index (κ2) is 9.19. The number of halogens is 2. The molecule has 1 amide bonds. The summed E-state index contributed by atoms with van der Waals surface area (Å²) < 4.78 is 0. The van der Waals surface area contributed by atoms with Crippen molar-refractivity contribution in [3.05, 3.63) is 65.5 Å². The van der Waals surface area contributed by atoms with Crippen LogP contribution in [0.25, 0.3) is 11.0 Å². The Bertz CT molecular complexity index is 915. The number of aromatic amines is 1. The number of H-pyrrole nitrogens is 1. The third kappa shape index (κ3) is 4.59. The largest absolute Gasteiger partial charge is 0.390 e. The van der Waals surface area contributed by atoms with Gasteiger partial charge in [-0.2, -0.15) is 0 Å². The molecule has 0 fully saturated rings. The van der Waals surface area contributed by atoms with Gasteiger partial charge in [0, 0.05) is 24.7 Å². The first-order chi connectivity index (χ1) is 12.2. The fourth-order valence-corrected chi connectivity index (χ4v) is 3.27. The van der Waals surface area contributed by atoms with Gasteiger partial charge in [-0.25, -0.2) is 4.98 Å². The Morgan fingerprint density at radius 2 is 2.00 bits per heavy atom. The molecular formula is C19H22Cl2N4O2. The highest BCUT2D eigenvalue weighted by Gasteiger charge is 2.24. The fraction of sp³-hybridized carbons (Fsp3) is 0.263. The second-order valence-electron chi connectivity index (χ2n) is 6.37. The summed E-state index contributed by atoms with van der Waals surface area (Å²) in [4.78, 5) is 19.4. The summed E-state index contributed by atoms with van der Waals surface area (Å²) in [5.74, 6) is -0.202. The zero-order valence-electron chi connectivity index (χ0n) is 14.5. The van der Waals surface area contributed by atoms with Crippen molar-refractivity contribution in [3.63, 3.8) is 0 Å². The number of nitrogens with zero attached hydrogens (tertiary/aromatic N) is 1. The first-order valence-electron chi connectivity index (χ1n) is 8.40. The topological polar surface area (TPSA) is 90.0 Å². The number of imidazole rings is 1. The zero-order chi connectivity index (χ0) is 17.2. The number of amides is 1. The van der Waals surface area contributed by atoms with Gasteiger partial charge < -0.3 is 20.7 Å². The van der Waals surface area contributed by atoms with E-state index in [2.05, 4.69) is 32.7 Å². The monoisotopic (exact) mass is 408 g/mol. The summed E-state index contributed by atoms with van der Waals surface area (Å²) in [6.07, 6.45) is 1.71. The van der Waals surface area contributed by atoms with E-state index < -0.39 is 6.10 Å². The van der Waals surface area contributed by atoms with Gasteiger partial charge in [-0.3, -0.25) is 4.79 Å². The lowest BCUT2D eigenvalue weighted by Gasteiger charge is -2.30. The summed E-state index contributed by atoms with van der Waals surface area (Å²) in [5, 5.41) is 16.6. The molecule has 0 spiro atoms. The molecule has 2 aromatic carbocycles. The van der Waals surface area contributed by atoms with Crippen LogP contribution in [0.1, 0.15) is 21.5 Å². The van der Waals surface area contributed by atoms with E-state index in [-0.39, 0.29) is 43.3 Å². The number of hydrogen-bond acceptors (Lipinski definition) is 4. The van der Waals surface area contributed by atoms with Gasteiger partial charge in [0.2, 0.25) is 0 Å². The maximum atomic E-state index is 12.3. The number of nitrogens with one attached hydrogen (secondary N) is 3. The van der Waals surface area contributed by atoms with Gasteiger partial charge in [-0.15, -0.1) is 24.8 Å². The number of aromatic nitrogens is 2. The molecule has 2 atom stereocenters. The van der Waals surface area contributed by atoms with E-state index in [1.165, 1.54) is 11.1 Å². The van der Waals surface area contributed by atoms with Crippen LogP contribution in [0.4, 0.5) is 0 Å². The number of rotatable bonds is 4. The average Bonchev–Trinajstić information content (AvgIpc) is 3.13. The first kappa shape index (κ1) is 21.2. The van der Waals surface area contributed by atoms with Crippen molar-refractivity contribution < 1.29 is 9.90 Å². The van der Waals surface area contributed by atoms with E-state index >= 15 is 0 Å². The molecule has 0 saturated heterocycles. The first-order valence-corrected chi connectivity index (χ1v) is 8.40. The molecule has 6 nitrogen and oxygen atoms in total. The van der Waals surface area contributed by atoms with Crippen LogP contribution in [0.3, 0.4) is 0 Å². The lowest BCUT2D eigenvalue weighted by Crippen LogP contribution is -2.49. The van der Waals surface area contributed by atoms with E-state index in [0.717, 1.165) is 24.0 Å². The maximum absolute atomic E-state index is 12.3. The molecule has 2 unspecified atom stereocenters. The summed E-state index contributed by atoms with van der Waals surface area (Å²) in [6.45, 7) is 0.946. The van der Waals surface area contributed by atoms with E-state index in [1.54, 1.807) is 24.5 Å². The Morgan fingerprint density at radius 3 is 2.81 bits per heavy atom. The Kier molecular flexibility index (Phi) is 7.21. The number of aliphatic hydroxyl groups is 1. The number of aliphatic hydroxyl groups excluding tert-OH is 1. The molecule has 4 rings (SSSR count). The van der Waals surface area contributed by atoms with Gasteiger partial charge >= 0.3 is 0 Å². The Balaban J connectivity index is 0.00000131. The molecule has 0 saturated carbocycles. The third-order valence-electron chi connectivity index (χ3n) is 4.73. The predicted molar refractivity (Wildman–Crippen MR) is 110 cm³/mol. The molecular weight excluding hydrogens is 387 g/mol. The molecule has 0 bridgehead atoms. The lowest BCUT2D eigenvalue weighted by atomic mass is 9.93. The molecule has 1 aliphatic heterocycles. The van der Waals surface area contributed by atoms with Crippen LogP contribution in [0.2, 0.25) is 0 Å². The van der Waals surface area contributed by atoms with Gasteiger partial charge in [0.25, 0.3) is 5.91 Å². The van der Waals surface area contributed by atoms with Crippen molar-refractivity contribution in [2.45, 2.75) is 25.1 Å². The molecule has 0 aliphatic carbocycles. The minimum atomic E-state index is -0.645. The van der Waals surface area contributed by atoms with E-state index in [4.69, 9.17) is 0 Å². The normalized spacial score (nSPS) is 16.6. The van der Waals surface area contributed by atoms with Crippen LogP contribution in [0.15, 0.2) is 48.8 Å². The van der Waals surface area contributed by atoms with Gasteiger partial charge in [0.1, 0.15) is 0 Å². The van der Waals surface area contributed by atoms with Crippen LogP contribution < -0.4 is 10.6 Å². The maximum Gasteiger partial charge on any atom is 0.251 e. The minimum absolute atomic E-state index is 0. The molecule has 3 aromatic rings. The van der Waals surface area contributed by atoms with E-state index in [9.17, 15) is 9.90 Å². The van der Waals surface area contributed by atoms with Crippen molar-refractivity contribution in [2.24, 2.45) is 0 Å². The van der Waals surface area contributed by atoms with Gasteiger partial charge in [-0.1, -0.05) is 24.3 Å². The van der Waals surface area contributed by atoms with Crippen LogP contribution in [-0.2, 0) is 13.0 Å². The highest BCUT2D eigenvalue weighted by Crippen LogP contribution is 2.18. The number of fused-ring (bicyclic) bond motifs is 2. The smallest absolute Gasteiger partial charge is 0.251 e. The molecule has 144 valence electrons. The van der Waals surface area contributed by atoms with Crippen LogP contribution in [0.5, 0.6) is 0 Å². The number of benzene rings is 2. The molecule has 8 heteroatoms. The predicted octanol–water partition coefficient (Wildman–Crippen LogP) is 2.21.